The zero-order valence-corrected chi connectivity index (χ0v) is 18.9. The zero-order chi connectivity index (χ0) is 23.4. The first-order valence-electron chi connectivity index (χ1n) is 10.7. The Bertz CT molecular complexity index is 1170. The van der Waals surface area contributed by atoms with Gasteiger partial charge in [0.1, 0.15) is 24.1 Å². The van der Waals surface area contributed by atoms with Crippen molar-refractivity contribution < 1.29 is 19.1 Å². The van der Waals surface area contributed by atoms with Gasteiger partial charge in [-0.05, 0) is 54.5 Å². The Morgan fingerprint density at radius 3 is 2.21 bits per heavy atom. The number of rotatable bonds is 6. The second kappa shape index (κ2) is 9.61. The minimum Gasteiger partial charge on any atom is -0.497 e. The van der Waals surface area contributed by atoms with Crippen LogP contribution in [0.5, 0.6) is 11.5 Å². The molecule has 0 radical (unpaired) electrons. The van der Waals surface area contributed by atoms with Crippen LogP contribution >= 0.6 is 0 Å². The monoisotopic (exact) mass is 442 g/mol. The van der Waals surface area contributed by atoms with Crippen LogP contribution in [0.4, 0.5) is 11.4 Å². The number of hydrogen-bond acceptors (Lipinski definition) is 4. The molecular weight excluding hydrogens is 416 g/mol. The predicted molar refractivity (Wildman–Crippen MR) is 130 cm³/mol. The molecule has 6 heteroatoms. The van der Waals surface area contributed by atoms with Gasteiger partial charge in [-0.1, -0.05) is 48.5 Å². The predicted octanol–water partition coefficient (Wildman–Crippen LogP) is 4.56. The summed E-state index contributed by atoms with van der Waals surface area (Å²) in [6, 6.07) is 23.3. The Morgan fingerprint density at radius 2 is 1.55 bits per heavy atom. The van der Waals surface area contributed by atoms with Crippen LogP contribution in [0, 0.1) is 0 Å². The molecule has 6 nitrogen and oxygen atoms in total. The maximum Gasteiger partial charge on any atom is 0.255 e. The highest BCUT2D eigenvalue weighted by atomic mass is 16.5. The van der Waals surface area contributed by atoms with Gasteiger partial charge in [0.15, 0.2) is 0 Å². The second-order valence-electron chi connectivity index (χ2n) is 7.76. The van der Waals surface area contributed by atoms with Crippen molar-refractivity contribution in [2.24, 2.45) is 0 Å². The van der Waals surface area contributed by atoms with Crippen LogP contribution in [-0.2, 0) is 9.59 Å². The maximum atomic E-state index is 13.9. The van der Waals surface area contributed by atoms with E-state index in [9.17, 15) is 9.59 Å². The number of carbonyl (C=O) groups excluding carboxylic acids is 2. The molecule has 0 spiro atoms. The number of ether oxygens (including phenoxy) is 2. The average molecular weight is 443 g/mol. The van der Waals surface area contributed by atoms with Crippen molar-refractivity contribution in [3.05, 3.63) is 90.0 Å². The van der Waals surface area contributed by atoms with Crippen LogP contribution in [0.3, 0.4) is 0 Å². The smallest absolute Gasteiger partial charge is 0.255 e. The van der Waals surface area contributed by atoms with Gasteiger partial charge in [0, 0.05) is 5.69 Å². The Balaban J connectivity index is 1.80. The van der Waals surface area contributed by atoms with Crippen molar-refractivity contribution in [2.45, 2.75) is 13.0 Å². The van der Waals surface area contributed by atoms with Crippen molar-refractivity contribution in [1.29, 1.82) is 0 Å². The molecule has 33 heavy (non-hydrogen) atoms. The number of hydrogen-bond donors (Lipinski definition) is 0. The highest BCUT2D eigenvalue weighted by Gasteiger charge is 2.42. The number of nitrogens with zero attached hydrogens (tertiary/aromatic N) is 2. The fraction of sp³-hybridized carbons (Fsp3) is 0.185. The summed E-state index contributed by atoms with van der Waals surface area (Å²) < 4.78 is 10.7. The third-order valence-corrected chi connectivity index (χ3v) is 5.67. The van der Waals surface area contributed by atoms with E-state index in [2.05, 4.69) is 0 Å². The second-order valence-corrected chi connectivity index (χ2v) is 7.76. The SMILES string of the molecule is COc1ccc(N2C(=O)CN(c3ccccc3OC)C(=O)[C@H]2/C(C)=C/c2ccccc2)cc1. The number of methoxy groups -OCH3 is 2. The van der Waals surface area contributed by atoms with Crippen LogP contribution in [0.1, 0.15) is 12.5 Å². The van der Waals surface area contributed by atoms with Crippen LogP contribution in [0.25, 0.3) is 6.08 Å². The van der Waals surface area contributed by atoms with Gasteiger partial charge < -0.3 is 9.47 Å². The molecule has 0 N–H and O–H groups in total. The van der Waals surface area contributed by atoms with Gasteiger partial charge in [-0.15, -0.1) is 0 Å². The molecule has 0 unspecified atom stereocenters. The summed E-state index contributed by atoms with van der Waals surface area (Å²) in [7, 11) is 3.14. The van der Waals surface area contributed by atoms with E-state index in [1.165, 1.54) is 4.90 Å². The summed E-state index contributed by atoms with van der Waals surface area (Å²) in [5.41, 5.74) is 2.93. The molecule has 168 valence electrons. The lowest BCUT2D eigenvalue weighted by Crippen LogP contribution is -2.61. The molecule has 0 aliphatic carbocycles. The first-order chi connectivity index (χ1) is 16.0. The molecule has 0 saturated carbocycles. The zero-order valence-electron chi connectivity index (χ0n) is 18.9. The molecule has 0 aromatic heterocycles. The summed E-state index contributed by atoms with van der Waals surface area (Å²) in [5, 5.41) is 0. The molecule has 1 heterocycles. The van der Waals surface area contributed by atoms with Crippen molar-refractivity contribution >= 4 is 29.3 Å². The summed E-state index contributed by atoms with van der Waals surface area (Å²) in [6.07, 6.45) is 1.94. The van der Waals surface area contributed by atoms with Gasteiger partial charge in [-0.25, -0.2) is 0 Å². The van der Waals surface area contributed by atoms with Crippen LogP contribution in [-0.4, -0.2) is 38.6 Å². The van der Waals surface area contributed by atoms with E-state index in [1.807, 2.05) is 55.5 Å². The third-order valence-electron chi connectivity index (χ3n) is 5.67. The van der Waals surface area contributed by atoms with Crippen molar-refractivity contribution in [1.82, 2.24) is 0 Å². The summed E-state index contributed by atoms with van der Waals surface area (Å²) >= 11 is 0. The molecule has 2 amide bonds. The van der Waals surface area contributed by atoms with Crippen LogP contribution in [0.15, 0.2) is 84.4 Å². The number of piperazine rings is 1. The van der Waals surface area contributed by atoms with Gasteiger partial charge in [-0.2, -0.15) is 0 Å². The number of anilines is 2. The van der Waals surface area contributed by atoms with Gasteiger partial charge in [0.05, 0.1) is 19.9 Å². The van der Waals surface area contributed by atoms with Crippen LogP contribution < -0.4 is 19.3 Å². The minimum absolute atomic E-state index is 0.0830. The van der Waals surface area contributed by atoms with E-state index < -0.39 is 6.04 Å². The van der Waals surface area contributed by atoms with Gasteiger partial charge in [0.25, 0.3) is 5.91 Å². The van der Waals surface area contributed by atoms with E-state index in [0.29, 0.717) is 22.9 Å². The molecule has 1 saturated heterocycles. The first-order valence-corrected chi connectivity index (χ1v) is 10.7. The normalized spacial score (nSPS) is 16.7. The van der Waals surface area contributed by atoms with E-state index in [-0.39, 0.29) is 18.4 Å². The van der Waals surface area contributed by atoms with E-state index in [1.54, 1.807) is 55.5 Å². The third kappa shape index (κ3) is 4.46. The number of amides is 2. The van der Waals surface area contributed by atoms with E-state index in [4.69, 9.17) is 9.47 Å². The Hall–Kier alpha value is -4.06. The highest BCUT2D eigenvalue weighted by Crippen LogP contribution is 2.34. The Labute approximate surface area is 193 Å². The summed E-state index contributed by atoms with van der Waals surface area (Å²) in [6.45, 7) is 1.80. The number of carbonyl (C=O) groups is 2. The molecule has 1 atom stereocenters. The number of benzene rings is 3. The maximum absolute atomic E-state index is 13.9. The highest BCUT2D eigenvalue weighted by molar-refractivity contribution is 6.16. The molecule has 1 aliphatic heterocycles. The van der Waals surface area contributed by atoms with Crippen molar-refractivity contribution in [3.8, 4) is 11.5 Å². The first kappa shape index (κ1) is 22.1. The molecule has 3 aromatic rings. The quantitative estimate of drug-likeness (QED) is 0.562. The van der Waals surface area contributed by atoms with Crippen molar-refractivity contribution in [3.63, 3.8) is 0 Å². The molecular formula is C27H26N2O4. The minimum atomic E-state index is -0.801. The molecule has 4 rings (SSSR count). The van der Waals surface area contributed by atoms with Crippen LogP contribution in [0.2, 0.25) is 0 Å². The van der Waals surface area contributed by atoms with Gasteiger partial charge >= 0.3 is 0 Å². The fourth-order valence-corrected chi connectivity index (χ4v) is 4.07. The van der Waals surface area contributed by atoms with Gasteiger partial charge in [0.2, 0.25) is 5.91 Å². The van der Waals surface area contributed by atoms with E-state index in [0.717, 1.165) is 11.1 Å². The molecule has 1 aliphatic rings. The lowest BCUT2D eigenvalue weighted by Gasteiger charge is -2.41. The Morgan fingerprint density at radius 1 is 0.879 bits per heavy atom. The van der Waals surface area contributed by atoms with E-state index >= 15 is 0 Å². The van der Waals surface area contributed by atoms with Crippen molar-refractivity contribution in [2.75, 3.05) is 30.6 Å². The lowest BCUT2D eigenvalue weighted by atomic mass is 9.98. The van der Waals surface area contributed by atoms with Gasteiger partial charge in [-0.3, -0.25) is 19.4 Å². The standard InChI is InChI=1S/C27H26N2O4/c1-19(17-20-9-5-4-6-10-20)26-27(31)28(23-11-7-8-12-24(23)33-3)18-25(30)29(26)21-13-15-22(32-2)16-14-21/h4-17,26H,18H2,1-3H3/b19-17+/t26-/m1/s1. The largest absolute Gasteiger partial charge is 0.497 e. The molecule has 0 bridgehead atoms. The Kier molecular flexibility index (Phi) is 6.45. The fourth-order valence-electron chi connectivity index (χ4n) is 4.07. The summed E-state index contributed by atoms with van der Waals surface area (Å²) in [4.78, 5) is 30.4. The molecule has 1 fully saturated rings. The topological polar surface area (TPSA) is 59.1 Å². The number of para-hydroxylation sites is 2. The lowest BCUT2D eigenvalue weighted by molar-refractivity contribution is -0.127. The summed E-state index contributed by atoms with van der Waals surface area (Å²) in [5.74, 6) is 0.842. The molecule has 3 aromatic carbocycles. The average Bonchev–Trinajstić information content (AvgIpc) is 2.85.